The first-order valence-electron chi connectivity index (χ1n) is 7.60. The third-order valence-corrected chi connectivity index (χ3v) is 4.45. The van der Waals surface area contributed by atoms with E-state index in [0.717, 1.165) is 12.1 Å². The zero-order chi connectivity index (χ0) is 19.6. The minimum Gasteiger partial charge on any atom is -0.465 e. The van der Waals surface area contributed by atoms with Crippen LogP contribution in [0.5, 0.6) is 11.6 Å². The molecule has 0 radical (unpaired) electrons. The topological polar surface area (TPSA) is 113 Å². The Kier molecular flexibility index (Phi) is 5.38. The van der Waals surface area contributed by atoms with Gasteiger partial charge in [0.25, 0.3) is 0 Å². The molecule has 2 heterocycles. The Labute approximate surface area is 161 Å². The van der Waals surface area contributed by atoms with Gasteiger partial charge in [0.2, 0.25) is 11.8 Å². The van der Waals surface area contributed by atoms with Gasteiger partial charge in [-0.15, -0.1) is 0 Å². The van der Waals surface area contributed by atoms with Crippen molar-refractivity contribution in [2.45, 2.75) is 13.3 Å². The highest BCUT2D eigenvalue weighted by Crippen LogP contribution is 2.34. The first kappa shape index (κ1) is 18.8. The zero-order valence-electron chi connectivity index (χ0n) is 13.7. The van der Waals surface area contributed by atoms with Crippen LogP contribution >= 0.6 is 22.9 Å². The zero-order valence-corrected chi connectivity index (χ0v) is 15.3. The molecule has 3 N–H and O–H groups in total. The summed E-state index contributed by atoms with van der Waals surface area (Å²) < 4.78 is 19.3. The average molecular weight is 411 g/mol. The summed E-state index contributed by atoms with van der Waals surface area (Å²) in [6, 6.07) is 5.23. The van der Waals surface area contributed by atoms with Gasteiger partial charge in [-0.05, 0) is 12.1 Å². The smallest absolute Gasteiger partial charge is 0.409 e. The fourth-order valence-electron chi connectivity index (χ4n) is 2.05. The van der Waals surface area contributed by atoms with Crippen molar-refractivity contribution >= 4 is 56.1 Å². The van der Waals surface area contributed by atoms with Crippen LogP contribution in [0.3, 0.4) is 0 Å². The molecule has 2 aromatic heterocycles. The maximum absolute atomic E-state index is 13.8. The number of benzene rings is 1. The predicted octanol–water partition coefficient (Wildman–Crippen LogP) is 4.71. The summed E-state index contributed by atoms with van der Waals surface area (Å²) in [6.45, 7) is 1.73. The molecule has 0 aliphatic rings. The van der Waals surface area contributed by atoms with Crippen molar-refractivity contribution in [3.8, 4) is 11.6 Å². The molecule has 8 nitrogen and oxygen atoms in total. The van der Waals surface area contributed by atoms with Gasteiger partial charge in [0.05, 0.1) is 10.7 Å². The number of ether oxygens (including phenoxy) is 1. The standard InChI is InChI=1S/C16H12ClFN4O4S/c1-2-12(23)21-15-19-9-3-4-13(22-14(9)27-15)26-11-6-10(20-16(24)25)8(18)5-7(11)17/h3-6,20H,2H2,1H3,(H,24,25)(H,19,21,23). The summed E-state index contributed by atoms with van der Waals surface area (Å²) in [5.74, 6) is -0.828. The van der Waals surface area contributed by atoms with E-state index in [1.165, 1.54) is 17.4 Å². The molecule has 27 heavy (non-hydrogen) atoms. The minimum absolute atomic E-state index is 0.0256. The van der Waals surface area contributed by atoms with Crippen molar-refractivity contribution in [3.63, 3.8) is 0 Å². The highest BCUT2D eigenvalue weighted by Gasteiger charge is 2.14. The van der Waals surface area contributed by atoms with Crippen molar-refractivity contribution < 1.29 is 23.8 Å². The van der Waals surface area contributed by atoms with E-state index >= 15 is 0 Å². The second-order valence-electron chi connectivity index (χ2n) is 5.19. The lowest BCUT2D eigenvalue weighted by molar-refractivity contribution is -0.115. The molecule has 0 bridgehead atoms. The molecule has 3 aromatic rings. The molecule has 0 spiro atoms. The van der Waals surface area contributed by atoms with Crippen LogP contribution in [0.4, 0.5) is 20.0 Å². The van der Waals surface area contributed by atoms with Gasteiger partial charge in [-0.1, -0.05) is 29.9 Å². The number of carbonyl (C=O) groups excluding carboxylic acids is 1. The molecule has 0 unspecified atom stereocenters. The van der Waals surface area contributed by atoms with Crippen LogP contribution in [-0.4, -0.2) is 27.1 Å². The van der Waals surface area contributed by atoms with Gasteiger partial charge in [-0.2, -0.15) is 0 Å². The molecule has 0 aliphatic heterocycles. The minimum atomic E-state index is -1.42. The number of aromatic nitrogens is 2. The molecule has 1 aromatic carbocycles. The van der Waals surface area contributed by atoms with Crippen molar-refractivity contribution in [1.82, 2.24) is 9.97 Å². The van der Waals surface area contributed by atoms with E-state index < -0.39 is 11.9 Å². The summed E-state index contributed by atoms with van der Waals surface area (Å²) >= 11 is 7.13. The number of anilines is 2. The van der Waals surface area contributed by atoms with Gasteiger partial charge >= 0.3 is 6.09 Å². The van der Waals surface area contributed by atoms with Crippen molar-refractivity contribution in [2.75, 3.05) is 10.6 Å². The van der Waals surface area contributed by atoms with Gasteiger partial charge < -0.3 is 15.2 Å². The summed E-state index contributed by atoms with van der Waals surface area (Å²) in [4.78, 5) is 31.2. The second-order valence-corrected chi connectivity index (χ2v) is 6.57. The Balaban J connectivity index is 1.88. The lowest BCUT2D eigenvalue weighted by atomic mass is 10.3. The number of fused-ring (bicyclic) bond motifs is 1. The summed E-state index contributed by atoms with van der Waals surface area (Å²) in [6.07, 6.45) is -1.10. The number of halogens is 2. The number of thiazole rings is 1. The van der Waals surface area contributed by atoms with Gasteiger partial charge in [0.15, 0.2) is 5.13 Å². The molecule has 0 saturated heterocycles. The largest absolute Gasteiger partial charge is 0.465 e. The Morgan fingerprint density at radius 2 is 2.07 bits per heavy atom. The van der Waals surface area contributed by atoms with Crippen LogP contribution in [0.2, 0.25) is 5.02 Å². The van der Waals surface area contributed by atoms with Crippen molar-refractivity contribution in [2.24, 2.45) is 0 Å². The number of amides is 2. The van der Waals surface area contributed by atoms with E-state index in [-0.39, 0.29) is 28.2 Å². The number of rotatable bonds is 5. The third kappa shape index (κ3) is 4.41. The van der Waals surface area contributed by atoms with Crippen molar-refractivity contribution in [3.05, 3.63) is 35.1 Å². The molecule has 2 amide bonds. The first-order chi connectivity index (χ1) is 12.9. The Hall–Kier alpha value is -2.98. The molecule has 0 atom stereocenters. The van der Waals surface area contributed by atoms with Crippen LogP contribution in [-0.2, 0) is 4.79 Å². The van der Waals surface area contributed by atoms with Crippen molar-refractivity contribution in [1.29, 1.82) is 0 Å². The van der Waals surface area contributed by atoms with Crippen LogP contribution < -0.4 is 15.4 Å². The fourth-order valence-corrected chi connectivity index (χ4v) is 3.08. The predicted molar refractivity (Wildman–Crippen MR) is 99.5 cm³/mol. The number of carbonyl (C=O) groups is 2. The monoisotopic (exact) mass is 410 g/mol. The Morgan fingerprint density at radius 1 is 1.30 bits per heavy atom. The van der Waals surface area contributed by atoms with E-state index in [2.05, 4.69) is 15.3 Å². The van der Waals surface area contributed by atoms with E-state index in [1.54, 1.807) is 13.0 Å². The van der Waals surface area contributed by atoms with Crippen LogP contribution in [0.25, 0.3) is 10.3 Å². The number of carboxylic acid groups (broad SMARTS) is 1. The van der Waals surface area contributed by atoms with E-state index in [9.17, 15) is 14.0 Å². The van der Waals surface area contributed by atoms with Gasteiger partial charge in [0, 0.05) is 18.6 Å². The summed E-state index contributed by atoms with van der Waals surface area (Å²) in [5.41, 5.74) is 0.266. The molecular formula is C16H12ClFN4O4S. The van der Waals surface area contributed by atoms with Gasteiger partial charge in [-0.3, -0.25) is 10.1 Å². The number of pyridine rings is 1. The number of hydrogen-bond donors (Lipinski definition) is 3. The highest BCUT2D eigenvalue weighted by molar-refractivity contribution is 7.21. The fraction of sp³-hybridized carbons (Fsp3) is 0.125. The van der Waals surface area contributed by atoms with Gasteiger partial charge in [-0.25, -0.2) is 19.2 Å². The molecule has 11 heteroatoms. The quantitative estimate of drug-likeness (QED) is 0.561. The Morgan fingerprint density at radius 3 is 2.78 bits per heavy atom. The van der Waals surface area contributed by atoms with Crippen LogP contribution in [0.1, 0.15) is 13.3 Å². The number of nitrogens with one attached hydrogen (secondary N) is 2. The normalized spacial score (nSPS) is 10.6. The highest BCUT2D eigenvalue weighted by atomic mass is 35.5. The lowest BCUT2D eigenvalue weighted by Crippen LogP contribution is -2.09. The SMILES string of the molecule is CCC(=O)Nc1nc2ccc(Oc3cc(NC(=O)O)c(F)cc3Cl)nc2s1. The third-order valence-electron chi connectivity index (χ3n) is 3.28. The maximum Gasteiger partial charge on any atom is 0.409 e. The molecule has 140 valence electrons. The van der Waals surface area contributed by atoms with Gasteiger partial charge in [0.1, 0.15) is 21.9 Å². The van der Waals surface area contributed by atoms with E-state index in [4.69, 9.17) is 21.4 Å². The number of nitrogens with zero attached hydrogens (tertiary/aromatic N) is 2. The summed E-state index contributed by atoms with van der Waals surface area (Å²) in [5, 5.41) is 13.7. The van der Waals surface area contributed by atoms with E-state index in [1.807, 2.05) is 5.32 Å². The number of hydrogen-bond acceptors (Lipinski definition) is 6. The average Bonchev–Trinajstić information content (AvgIpc) is 3.00. The van der Waals surface area contributed by atoms with E-state index in [0.29, 0.717) is 21.9 Å². The Bertz CT molecular complexity index is 1040. The van der Waals surface area contributed by atoms with Crippen LogP contribution in [0.15, 0.2) is 24.3 Å². The second kappa shape index (κ2) is 7.72. The first-order valence-corrected chi connectivity index (χ1v) is 8.79. The lowest BCUT2D eigenvalue weighted by Gasteiger charge is -2.10. The molecular weight excluding hydrogens is 399 g/mol. The molecule has 0 saturated carbocycles. The maximum atomic E-state index is 13.8. The molecule has 0 aliphatic carbocycles. The van der Waals surface area contributed by atoms with Crippen LogP contribution in [0, 0.1) is 5.82 Å². The summed E-state index contributed by atoms with van der Waals surface area (Å²) in [7, 11) is 0. The molecule has 0 fully saturated rings. The molecule has 3 rings (SSSR count).